The molecule has 0 spiro atoms. The van der Waals surface area contributed by atoms with Crippen molar-refractivity contribution in [2.24, 2.45) is 5.92 Å². The molecule has 2 aromatic rings. The van der Waals surface area contributed by atoms with Crippen molar-refractivity contribution >= 4 is 35.6 Å². The second kappa shape index (κ2) is 17.4. The Morgan fingerprint density at radius 2 is 1.74 bits per heavy atom. The molecule has 46 heavy (non-hydrogen) atoms. The molecule has 10 nitrogen and oxygen atoms in total. The Morgan fingerprint density at radius 1 is 1.07 bits per heavy atom. The minimum atomic E-state index is -1.60. The van der Waals surface area contributed by atoms with Gasteiger partial charge in [-0.05, 0) is 63.6 Å². The number of piperidine rings is 1. The first-order valence-electron chi connectivity index (χ1n) is 16.0. The molecule has 2 aromatic carbocycles. The first-order valence-corrected chi connectivity index (χ1v) is 17.0. The van der Waals surface area contributed by atoms with Crippen LogP contribution in [0.15, 0.2) is 54.6 Å². The largest absolute Gasteiger partial charge is 0.444 e. The quantitative estimate of drug-likeness (QED) is 0.275. The molecule has 11 heteroatoms. The van der Waals surface area contributed by atoms with Crippen molar-refractivity contribution in [3.05, 3.63) is 71.3 Å². The van der Waals surface area contributed by atoms with Gasteiger partial charge in [0.15, 0.2) is 6.10 Å². The number of nitrogens with one attached hydrogen (secondary N) is 2. The Morgan fingerprint density at radius 3 is 2.39 bits per heavy atom. The maximum absolute atomic E-state index is 13.8. The second-order valence-electron chi connectivity index (χ2n) is 13.1. The summed E-state index contributed by atoms with van der Waals surface area (Å²) in [4.78, 5) is 56.0. The Balaban J connectivity index is 1.75. The van der Waals surface area contributed by atoms with Crippen molar-refractivity contribution < 1.29 is 29.0 Å². The molecule has 4 amide bonds. The SMILES string of the molecule is Cc1ccccc1CNC(=O)CN(CSC(C)C)C(=O)[C@@H](O)[C@H](Cc1ccccc1)NC(=O)C1CCCN(C(=O)OC(C)(C)C)C1. The summed E-state index contributed by atoms with van der Waals surface area (Å²) in [5.74, 6) is -1.66. The highest BCUT2D eigenvalue weighted by Crippen LogP contribution is 2.21. The summed E-state index contributed by atoms with van der Waals surface area (Å²) in [5.41, 5.74) is 2.20. The van der Waals surface area contributed by atoms with Crippen LogP contribution in [0.4, 0.5) is 4.79 Å². The highest BCUT2D eigenvalue weighted by molar-refractivity contribution is 7.99. The van der Waals surface area contributed by atoms with Crippen LogP contribution in [0.5, 0.6) is 0 Å². The topological polar surface area (TPSA) is 128 Å². The van der Waals surface area contributed by atoms with E-state index in [0.717, 1.165) is 16.7 Å². The number of thioether (sulfide) groups is 1. The molecule has 1 aliphatic rings. The highest BCUT2D eigenvalue weighted by atomic mass is 32.2. The van der Waals surface area contributed by atoms with Crippen LogP contribution in [0.3, 0.4) is 0 Å². The van der Waals surface area contributed by atoms with E-state index in [9.17, 15) is 24.3 Å². The summed E-state index contributed by atoms with van der Waals surface area (Å²) in [6.45, 7) is 12.1. The van der Waals surface area contributed by atoms with Crippen molar-refractivity contribution in [3.8, 4) is 0 Å². The molecular formula is C35H50N4O6S. The molecule has 1 aliphatic heterocycles. The van der Waals surface area contributed by atoms with E-state index in [0.29, 0.717) is 25.9 Å². The van der Waals surface area contributed by atoms with Gasteiger partial charge in [0.2, 0.25) is 11.8 Å². The van der Waals surface area contributed by atoms with E-state index >= 15 is 0 Å². The molecule has 3 atom stereocenters. The molecular weight excluding hydrogens is 604 g/mol. The fourth-order valence-corrected chi connectivity index (χ4v) is 5.81. The molecule has 1 unspecified atom stereocenters. The Hall–Kier alpha value is -3.57. The molecule has 0 saturated carbocycles. The number of carbonyl (C=O) groups is 4. The molecule has 0 bridgehead atoms. The standard InChI is InChI=1S/C35H50N4O6S/c1-24(2)46-23-39(22-30(40)36-20-27-16-11-10-13-25(27)3)33(43)31(41)29(19-26-14-8-7-9-15-26)37-32(42)28-17-12-18-38(21-28)34(44)45-35(4,5)6/h7-11,13-16,24,28-29,31,41H,12,17-23H2,1-6H3,(H,36,40)(H,37,42)/t28?,29-,31-/m0/s1. The predicted octanol–water partition coefficient (Wildman–Crippen LogP) is 4.27. The molecule has 1 saturated heterocycles. The number of aliphatic hydroxyl groups is 1. The third kappa shape index (κ3) is 12.0. The van der Waals surface area contributed by atoms with Gasteiger partial charge in [-0.1, -0.05) is 68.4 Å². The van der Waals surface area contributed by atoms with Crippen molar-refractivity contribution in [1.82, 2.24) is 20.4 Å². The minimum absolute atomic E-state index is 0.182. The smallest absolute Gasteiger partial charge is 0.410 e. The zero-order valence-electron chi connectivity index (χ0n) is 28.0. The van der Waals surface area contributed by atoms with E-state index in [1.165, 1.54) is 21.6 Å². The van der Waals surface area contributed by atoms with Crippen LogP contribution in [0.1, 0.15) is 64.2 Å². The van der Waals surface area contributed by atoms with Crippen molar-refractivity contribution in [2.75, 3.05) is 25.5 Å². The average molecular weight is 655 g/mol. The van der Waals surface area contributed by atoms with E-state index in [2.05, 4.69) is 10.6 Å². The molecule has 0 aromatic heterocycles. The maximum Gasteiger partial charge on any atom is 0.410 e. The molecule has 1 fully saturated rings. The zero-order valence-corrected chi connectivity index (χ0v) is 28.8. The van der Waals surface area contributed by atoms with Gasteiger partial charge in [-0.3, -0.25) is 14.4 Å². The average Bonchev–Trinajstić information content (AvgIpc) is 3.01. The maximum atomic E-state index is 13.8. The lowest BCUT2D eigenvalue weighted by Crippen LogP contribution is -2.56. The fourth-order valence-electron chi connectivity index (χ4n) is 5.11. The molecule has 3 rings (SSSR count). The summed E-state index contributed by atoms with van der Waals surface area (Å²) < 4.78 is 5.51. The third-order valence-electron chi connectivity index (χ3n) is 7.65. The van der Waals surface area contributed by atoms with Gasteiger partial charge < -0.3 is 30.3 Å². The summed E-state index contributed by atoms with van der Waals surface area (Å²) in [6.07, 6.45) is -0.690. The molecule has 0 aliphatic carbocycles. The van der Waals surface area contributed by atoms with E-state index in [4.69, 9.17) is 4.74 Å². The summed E-state index contributed by atoms with van der Waals surface area (Å²) in [5, 5.41) is 17.5. The molecule has 0 radical (unpaired) electrons. The number of rotatable bonds is 13. The van der Waals surface area contributed by atoms with Crippen LogP contribution in [0.2, 0.25) is 0 Å². The number of carbonyl (C=O) groups excluding carboxylic acids is 4. The fraction of sp³-hybridized carbons (Fsp3) is 0.543. The molecule has 3 N–H and O–H groups in total. The summed E-state index contributed by atoms with van der Waals surface area (Å²) in [6, 6.07) is 16.1. The minimum Gasteiger partial charge on any atom is -0.444 e. The van der Waals surface area contributed by atoms with E-state index in [-0.39, 0.29) is 42.5 Å². The van der Waals surface area contributed by atoms with Gasteiger partial charge in [0.1, 0.15) is 12.1 Å². The lowest BCUT2D eigenvalue weighted by atomic mass is 9.95. The van der Waals surface area contributed by atoms with E-state index < -0.39 is 35.7 Å². The van der Waals surface area contributed by atoms with Crippen LogP contribution < -0.4 is 10.6 Å². The Bertz CT molecular complexity index is 1320. The lowest BCUT2D eigenvalue weighted by molar-refractivity contribution is -0.144. The second-order valence-corrected chi connectivity index (χ2v) is 14.6. The zero-order chi connectivity index (χ0) is 33.9. The summed E-state index contributed by atoms with van der Waals surface area (Å²) >= 11 is 1.48. The number of amides is 4. The Kier molecular flexibility index (Phi) is 13.9. The van der Waals surface area contributed by atoms with Crippen LogP contribution in [0.25, 0.3) is 0 Å². The van der Waals surface area contributed by atoms with Crippen LogP contribution >= 0.6 is 11.8 Å². The number of benzene rings is 2. The number of hydrogen-bond acceptors (Lipinski definition) is 7. The number of aliphatic hydroxyl groups excluding tert-OH is 1. The van der Waals surface area contributed by atoms with E-state index in [1.54, 1.807) is 20.8 Å². The van der Waals surface area contributed by atoms with Crippen LogP contribution in [-0.2, 0) is 32.1 Å². The number of ether oxygens (including phenoxy) is 1. The third-order valence-corrected chi connectivity index (χ3v) is 8.78. The van der Waals surface area contributed by atoms with Gasteiger partial charge in [-0.2, -0.15) is 0 Å². The first kappa shape index (κ1) is 36.9. The Labute approximate surface area is 277 Å². The molecule has 1 heterocycles. The van der Waals surface area contributed by atoms with Crippen LogP contribution in [-0.4, -0.2) is 87.2 Å². The first-order chi connectivity index (χ1) is 21.7. The van der Waals surface area contributed by atoms with Gasteiger partial charge in [0, 0.05) is 24.9 Å². The molecule has 252 valence electrons. The number of aryl methyl sites for hydroxylation is 1. The van der Waals surface area contributed by atoms with E-state index in [1.807, 2.05) is 75.4 Å². The lowest BCUT2D eigenvalue weighted by Gasteiger charge is -2.35. The van der Waals surface area contributed by atoms with Crippen molar-refractivity contribution in [1.29, 1.82) is 0 Å². The van der Waals surface area contributed by atoms with Gasteiger partial charge in [-0.25, -0.2) is 4.79 Å². The number of nitrogens with zero attached hydrogens (tertiary/aromatic N) is 2. The van der Waals surface area contributed by atoms with Crippen molar-refractivity contribution in [2.45, 2.75) is 90.3 Å². The van der Waals surface area contributed by atoms with Gasteiger partial charge >= 0.3 is 6.09 Å². The van der Waals surface area contributed by atoms with Crippen molar-refractivity contribution in [3.63, 3.8) is 0 Å². The van der Waals surface area contributed by atoms with Gasteiger partial charge in [0.25, 0.3) is 5.91 Å². The summed E-state index contributed by atoms with van der Waals surface area (Å²) in [7, 11) is 0. The van der Waals surface area contributed by atoms with Gasteiger partial charge in [0.05, 0.1) is 17.8 Å². The number of hydrogen-bond donors (Lipinski definition) is 3. The number of likely N-dealkylation sites (tertiary alicyclic amines) is 1. The van der Waals surface area contributed by atoms with Gasteiger partial charge in [-0.15, -0.1) is 11.8 Å². The monoisotopic (exact) mass is 654 g/mol. The predicted molar refractivity (Wildman–Crippen MR) is 181 cm³/mol. The normalized spacial score (nSPS) is 16.3. The van der Waals surface area contributed by atoms with Crippen LogP contribution in [0, 0.1) is 12.8 Å². The highest BCUT2D eigenvalue weighted by Gasteiger charge is 2.36.